The van der Waals surface area contributed by atoms with Crippen LogP contribution in [0, 0.1) is 6.92 Å². The summed E-state index contributed by atoms with van der Waals surface area (Å²) in [4.78, 5) is 0.664. The SMILES string of the molecule is CCn1nc(C)c(Br)c1CS(=O)c1ccc(N)c(Cl)c1. The van der Waals surface area contributed by atoms with Crippen LogP contribution in [-0.2, 0) is 23.1 Å². The molecule has 0 radical (unpaired) electrons. The maximum atomic E-state index is 12.5. The van der Waals surface area contributed by atoms with E-state index < -0.39 is 10.8 Å². The van der Waals surface area contributed by atoms with Gasteiger partial charge < -0.3 is 5.73 Å². The summed E-state index contributed by atoms with van der Waals surface area (Å²) < 4.78 is 15.2. The van der Waals surface area contributed by atoms with Gasteiger partial charge in [-0.15, -0.1) is 0 Å². The first-order valence-corrected chi connectivity index (χ1v) is 8.58. The van der Waals surface area contributed by atoms with Crippen LogP contribution in [0.25, 0.3) is 0 Å². The Morgan fingerprint density at radius 1 is 1.50 bits per heavy atom. The molecule has 20 heavy (non-hydrogen) atoms. The lowest BCUT2D eigenvalue weighted by Crippen LogP contribution is -2.06. The number of anilines is 1. The average Bonchev–Trinajstić information content (AvgIpc) is 2.69. The van der Waals surface area contributed by atoms with Crippen molar-refractivity contribution in [3.63, 3.8) is 0 Å². The smallest absolute Gasteiger partial charge is 0.0739 e. The molecule has 0 amide bonds. The van der Waals surface area contributed by atoms with Gasteiger partial charge in [0.25, 0.3) is 0 Å². The molecule has 0 saturated heterocycles. The van der Waals surface area contributed by atoms with E-state index in [2.05, 4.69) is 21.0 Å². The summed E-state index contributed by atoms with van der Waals surface area (Å²) in [6.07, 6.45) is 0. The molecule has 0 spiro atoms. The van der Waals surface area contributed by atoms with Gasteiger partial charge in [0, 0.05) is 11.4 Å². The number of nitrogens with zero attached hydrogens (tertiary/aromatic N) is 2. The van der Waals surface area contributed by atoms with Gasteiger partial charge in [0.15, 0.2) is 0 Å². The summed E-state index contributed by atoms with van der Waals surface area (Å²) in [5.74, 6) is 0.384. The third-order valence-corrected chi connectivity index (χ3v) is 5.63. The molecule has 0 aliphatic carbocycles. The fourth-order valence-corrected chi connectivity index (χ4v) is 3.90. The zero-order valence-electron chi connectivity index (χ0n) is 11.2. The monoisotopic (exact) mass is 375 g/mol. The minimum Gasteiger partial charge on any atom is -0.398 e. The largest absolute Gasteiger partial charge is 0.398 e. The van der Waals surface area contributed by atoms with E-state index >= 15 is 0 Å². The molecule has 0 saturated carbocycles. The van der Waals surface area contributed by atoms with Gasteiger partial charge >= 0.3 is 0 Å². The van der Waals surface area contributed by atoms with Crippen molar-refractivity contribution in [1.82, 2.24) is 9.78 Å². The van der Waals surface area contributed by atoms with Crippen molar-refractivity contribution >= 4 is 44.0 Å². The van der Waals surface area contributed by atoms with Gasteiger partial charge in [0.1, 0.15) is 0 Å². The molecule has 0 aliphatic rings. The minimum absolute atomic E-state index is 0.384. The van der Waals surface area contributed by atoms with E-state index in [1.165, 1.54) is 0 Å². The van der Waals surface area contributed by atoms with E-state index in [0.717, 1.165) is 22.4 Å². The van der Waals surface area contributed by atoms with Gasteiger partial charge in [0.2, 0.25) is 0 Å². The molecule has 1 atom stereocenters. The third kappa shape index (κ3) is 3.07. The van der Waals surface area contributed by atoms with Gasteiger partial charge in [0.05, 0.1) is 43.1 Å². The van der Waals surface area contributed by atoms with Crippen LogP contribution in [0.1, 0.15) is 18.3 Å². The Morgan fingerprint density at radius 2 is 2.20 bits per heavy atom. The molecule has 2 aromatic rings. The van der Waals surface area contributed by atoms with Crippen LogP contribution < -0.4 is 5.73 Å². The molecule has 1 unspecified atom stereocenters. The fourth-order valence-electron chi connectivity index (χ4n) is 1.86. The van der Waals surface area contributed by atoms with Crippen molar-refractivity contribution in [2.24, 2.45) is 0 Å². The predicted octanol–water partition coefficient (Wildman–Crippen LogP) is 3.52. The average molecular weight is 377 g/mol. The Balaban J connectivity index is 2.30. The number of aryl methyl sites for hydroxylation is 2. The highest BCUT2D eigenvalue weighted by Crippen LogP contribution is 2.26. The minimum atomic E-state index is -1.19. The highest BCUT2D eigenvalue weighted by Gasteiger charge is 2.16. The second kappa shape index (κ2) is 6.28. The topological polar surface area (TPSA) is 60.9 Å². The lowest BCUT2D eigenvalue weighted by atomic mass is 10.3. The van der Waals surface area contributed by atoms with Gasteiger partial charge in [-0.2, -0.15) is 5.10 Å². The lowest BCUT2D eigenvalue weighted by molar-refractivity contribution is 0.626. The first-order chi connectivity index (χ1) is 9.43. The summed E-state index contributed by atoms with van der Waals surface area (Å²) in [6.45, 7) is 4.66. The number of aromatic nitrogens is 2. The van der Waals surface area contributed by atoms with E-state index in [1.807, 2.05) is 18.5 Å². The van der Waals surface area contributed by atoms with Crippen molar-refractivity contribution in [3.05, 3.63) is 39.1 Å². The molecule has 2 rings (SSSR count). The Kier molecular flexibility index (Phi) is 4.88. The fraction of sp³-hybridized carbons (Fsp3) is 0.308. The summed E-state index contributed by atoms with van der Waals surface area (Å²) in [5.41, 5.74) is 7.98. The predicted molar refractivity (Wildman–Crippen MR) is 86.3 cm³/mol. The Bertz CT molecular complexity index is 672. The first-order valence-electron chi connectivity index (χ1n) is 6.09. The zero-order chi connectivity index (χ0) is 14.9. The summed E-state index contributed by atoms with van der Waals surface area (Å²) >= 11 is 9.47. The number of hydrogen-bond donors (Lipinski definition) is 1. The molecule has 0 aliphatic heterocycles. The molecule has 4 nitrogen and oxygen atoms in total. The number of hydrogen-bond acceptors (Lipinski definition) is 3. The van der Waals surface area contributed by atoms with Gasteiger partial charge in [-0.25, -0.2) is 0 Å². The highest BCUT2D eigenvalue weighted by molar-refractivity contribution is 9.10. The maximum Gasteiger partial charge on any atom is 0.0739 e. The molecule has 1 heterocycles. The van der Waals surface area contributed by atoms with Crippen molar-refractivity contribution in [1.29, 1.82) is 0 Å². The van der Waals surface area contributed by atoms with Crippen LogP contribution in [0.4, 0.5) is 5.69 Å². The number of nitrogen functional groups attached to an aromatic ring is 1. The zero-order valence-corrected chi connectivity index (χ0v) is 14.3. The molecular formula is C13H15BrClN3OS. The molecule has 1 aromatic heterocycles. The molecule has 0 bridgehead atoms. The Hall–Kier alpha value is -0.850. The maximum absolute atomic E-state index is 12.5. The second-order valence-electron chi connectivity index (χ2n) is 4.34. The molecule has 1 aromatic carbocycles. The number of nitrogens with two attached hydrogens (primary N) is 1. The van der Waals surface area contributed by atoms with Gasteiger partial charge in [-0.3, -0.25) is 8.89 Å². The number of rotatable bonds is 4. The van der Waals surface area contributed by atoms with Crippen LogP contribution in [0.5, 0.6) is 0 Å². The summed E-state index contributed by atoms with van der Waals surface area (Å²) in [5, 5.41) is 4.82. The quantitative estimate of drug-likeness (QED) is 0.831. The molecule has 2 N–H and O–H groups in total. The molecular weight excluding hydrogens is 362 g/mol. The van der Waals surface area contributed by atoms with E-state index in [4.69, 9.17) is 17.3 Å². The summed E-state index contributed by atoms with van der Waals surface area (Å²) in [7, 11) is -1.19. The van der Waals surface area contributed by atoms with Crippen molar-refractivity contribution in [3.8, 4) is 0 Å². The Morgan fingerprint density at radius 3 is 2.80 bits per heavy atom. The van der Waals surface area contributed by atoms with Crippen LogP contribution in [0.15, 0.2) is 27.6 Å². The third-order valence-electron chi connectivity index (χ3n) is 2.96. The van der Waals surface area contributed by atoms with Crippen molar-refractivity contribution < 1.29 is 4.21 Å². The second-order valence-corrected chi connectivity index (χ2v) is 6.99. The molecule has 0 fully saturated rings. The van der Waals surface area contributed by atoms with E-state index in [-0.39, 0.29) is 0 Å². The Labute approximate surface area is 133 Å². The van der Waals surface area contributed by atoms with Gasteiger partial charge in [-0.05, 0) is 48.0 Å². The van der Waals surface area contributed by atoms with E-state index in [0.29, 0.717) is 21.4 Å². The van der Waals surface area contributed by atoms with Crippen molar-refractivity contribution in [2.75, 3.05) is 5.73 Å². The van der Waals surface area contributed by atoms with Crippen LogP contribution in [0.3, 0.4) is 0 Å². The van der Waals surface area contributed by atoms with E-state index in [9.17, 15) is 4.21 Å². The van der Waals surface area contributed by atoms with E-state index in [1.54, 1.807) is 18.2 Å². The van der Waals surface area contributed by atoms with Gasteiger partial charge in [-0.1, -0.05) is 11.6 Å². The molecule has 7 heteroatoms. The normalized spacial score (nSPS) is 12.6. The van der Waals surface area contributed by atoms with Crippen LogP contribution >= 0.6 is 27.5 Å². The number of halogens is 2. The highest BCUT2D eigenvalue weighted by atomic mass is 79.9. The lowest BCUT2D eigenvalue weighted by Gasteiger charge is -2.07. The van der Waals surface area contributed by atoms with Crippen LogP contribution in [-0.4, -0.2) is 14.0 Å². The summed E-state index contributed by atoms with van der Waals surface area (Å²) in [6, 6.07) is 5.07. The standard InChI is InChI=1S/C13H15BrClN3OS/c1-3-18-12(13(14)8(2)17-18)7-20(19)9-4-5-11(16)10(15)6-9/h4-6H,3,7,16H2,1-2H3. The van der Waals surface area contributed by atoms with Crippen molar-refractivity contribution in [2.45, 2.75) is 31.0 Å². The molecule has 108 valence electrons. The number of benzene rings is 1. The van der Waals surface area contributed by atoms with Crippen LogP contribution in [0.2, 0.25) is 5.02 Å². The first kappa shape index (κ1) is 15.5.